The van der Waals surface area contributed by atoms with Gasteiger partial charge in [-0.1, -0.05) is 24.3 Å². The van der Waals surface area contributed by atoms with E-state index in [-0.39, 0.29) is 24.4 Å². The molecule has 5 atom stereocenters. The highest BCUT2D eigenvalue weighted by Crippen LogP contribution is 2.65. The molecule has 10 heteroatoms. The lowest BCUT2D eigenvalue weighted by Crippen LogP contribution is -2.54. The molecule has 0 bridgehead atoms. The molecule has 216 valence electrons. The summed E-state index contributed by atoms with van der Waals surface area (Å²) in [6, 6.07) is -0.673. The lowest BCUT2D eigenvalue weighted by atomic mass is 9.74. The van der Waals surface area contributed by atoms with Gasteiger partial charge in [-0.15, -0.1) is 11.8 Å². The van der Waals surface area contributed by atoms with Gasteiger partial charge in [-0.2, -0.15) is 0 Å². The molecule has 0 saturated carbocycles. The van der Waals surface area contributed by atoms with Gasteiger partial charge in [0.1, 0.15) is 6.04 Å². The number of thioether (sulfide) groups is 1. The number of carbonyl (C=O) groups excluding carboxylic acids is 3. The second-order valence-electron chi connectivity index (χ2n) is 11.5. The normalized spacial score (nSPS) is 36.3. The molecule has 5 aliphatic heterocycles. The lowest BCUT2D eigenvalue weighted by Gasteiger charge is -2.37. The van der Waals surface area contributed by atoms with Crippen LogP contribution in [-0.4, -0.2) is 119 Å². The predicted molar refractivity (Wildman–Crippen MR) is 149 cm³/mol. The highest BCUT2D eigenvalue weighted by Gasteiger charge is 2.73. The summed E-state index contributed by atoms with van der Waals surface area (Å²) in [4.78, 5) is 48.2. The fourth-order valence-corrected chi connectivity index (χ4v) is 9.10. The molecule has 0 radical (unpaired) electrons. The number of morpholine rings is 1. The van der Waals surface area contributed by atoms with Crippen LogP contribution in [0.15, 0.2) is 24.3 Å². The van der Waals surface area contributed by atoms with Crippen molar-refractivity contribution in [3.05, 3.63) is 24.3 Å². The van der Waals surface area contributed by atoms with Crippen LogP contribution in [0.3, 0.4) is 0 Å². The SMILES string of the molecule is C[C@]12/C=C\CCCCOC(=O)[C@H]1[C@H]1C(=O)N(CCCCCO)C3C(=O)N(CCN4CCOCC4)CC=C[C@@]31S2. The third-order valence-electron chi connectivity index (χ3n) is 8.93. The van der Waals surface area contributed by atoms with Crippen molar-refractivity contribution in [1.29, 1.82) is 0 Å². The van der Waals surface area contributed by atoms with Gasteiger partial charge in [0.05, 0.1) is 36.4 Å². The molecule has 0 aliphatic carbocycles. The van der Waals surface area contributed by atoms with Crippen LogP contribution in [0.1, 0.15) is 45.4 Å². The molecule has 9 nitrogen and oxygen atoms in total. The van der Waals surface area contributed by atoms with Gasteiger partial charge in [-0.25, -0.2) is 0 Å². The minimum Gasteiger partial charge on any atom is -0.465 e. The fourth-order valence-electron chi connectivity index (χ4n) is 6.94. The Morgan fingerprint density at radius 2 is 1.77 bits per heavy atom. The number of hydrogen-bond acceptors (Lipinski definition) is 8. The number of nitrogens with zero attached hydrogens (tertiary/aromatic N) is 3. The zero-order chi connectivity index (χ0) is 27.5. The predicted octanol–water partition coefficient (Wildman–Crippen LogP) is 1.85. The van der Waals surface area contributed by atoms with Crippen LogP contribution < -0.4 is 0 Å². The first-order chi connectivity index (χ1) is 18.9. The van der Waals surface area contributed by atoms with Crippen LogP contribution in [0, 0.1) is 11.8 Å². The standard InChI is InChI=1S/C29H43N3O6S/c1-28-10-5-2-3-8-19-38-27(36)23(28)22-25(34)32(13-6-4-7-18-33)24-26(35)31(12-9-11-29(22,24)39-28)15-14-30-16-20-37-21-17-30/h5,9-11,22-24,33H,2-4,6-8,12-21H2,1H3/b10-5-/t22-,23+,24?,28-,29-/m0/s1. The molecule has 5 heterocycles. The number of amides is 2. The molecule has 0 aromatic heterocycles. The van der Waals surface area contributed by atoms with Gasteiger partial charge in [-0.3, -0.25) is 19.3 Å². The number of cyclic esters (lactones) is 1. The topological polar surface area (TPSA) is 99.6 Å². The van der Waals surface area contributed by atoms with Crippen molar-refractivity contribution >= 4 is 29.5 Å². The molecule has 0 aromatic rings. The number of likely N-dealkylation sites (tertiary alicyclic amines) is 1. The van der Waals surface area contributed by atoms with Crippen LogP contribution in [0.4, 0.5) is 0 Å². The first-order valence-electron chi connectivity index (χ1n) is 14.6. The third kappa shape index (κ3) is 5.54. The van der Waals surface area contributed by atoms with Crippen molar-refractivity contribution in [2.24, 2.45) is 11.8 Å². The molecular formula is C29H43N3O6S. The summed E-state index contributed by atoms with van der Waals surface area (Å²) in [6.45, 7) is 7.89. The van der Waals surface area contributed by atoms with E-state index in [4.69, 9.17) is 9.47 Å². The van der Waals surface area contributed by atoms with E-state index in [9.17, 15) is 19.5 Å². The Bertz CT molecular complexity index is 984. The fraction of sp³-hybridized carbons (Fsp3) is 0.759. The van der Waals surface area contributed by atoms with Gasteiger partial charge in [0, 0.05) is 50.6 Å². The molecule has 2 amide bonds. The maximum Gasteiger partial charge on any atom is 0.311 e. The number of carbonyl (C=O) groups is 3. The van der Waals surface area contributed by atoms with Gasteiger partial charge in [0.2, 0.25) is 11.8 Å². The maximum atomic E-state index is 14.4. The summed E-state index contributed by atoms with van der Waals surface area (Å²) in [6.07, 6.45) is 13.1. The van der Waals surface area contributed by atoms with Crippen molar-refractivity contribution in [3.63, 3.8) is 0 Å². The Kier molecular flexibility index (Phi) is 9.05. The second-order valence-corrected chi connectivity index (χ2v) is 13.3. The number of unbranched alkanes of at least 4 members (excludes halogenated alkanes) is 2. The zero-order valence-electron chi connectivity index (χ0n) is 23.1. The van der Waals surface area contributed by atoms with Crippen molar-refractivity contribution in [1.82, 2.24) is 14.7 Å². The van der Waals surface area contributed by atoms with Gasteiger partial charge >= 0.3 is 5.97 Å². The van der Waals surface area contributed by atoms with E-state index >= 15 is 0 Å². The molecule has 39 heavy (non-hydrogen) atoms. The zero-order valence-corrected chi connectivity index (χ0v) is 23.9. The summed E-state index contributed by atoms with van der Waals surface area (Å²) in [5, 5.41) is 9.26. The molecular weight excluding hydrogens is 518 g/mol. The number of allylic oxidation sites excluding steroid dienone is 1. The number of esters is 1. The molecule has 5 rings (SSSR count). The monoisotopic (exact) mass is 561 g/mol. The third-order valence-corrected chi connectivity index (χ3v) is 10.7. The van der Waals surface area contributed by atoms with Gasteiger partial charge in [0.25, 0.3) is 0 Å². The quantitative estimate of drug-likeness (QED) is 0.272. The number of aliphatic hydroxyl groups is 1. The molecule has 1 N–H and O–H groups in total. The number of ether oxygens (including phenoxy) is 2. The summed E-state index contributed by atoms with van der Waals surface area (Å²) >= 11 is 1.61. The van der Waals surface area contributed by atoms with E-state index in [2.05, 4.69) is 23.1 Å². The van der Waals surface area contributed by atoms with Crippen LogP contribution in [0.2, 0.25) is 0 Å². The average molecular weight is 562 g/mol. The van der Waals surface area contributed by atoms with Gasteiger partial charge in [0.15, 0.2) is 0 Å². The van der Waals surface area contributed by atoms with Crippen LogP contribution >= 0.6 is 11.8 Å². The number of rotatable bonds is 8. The minimum atomic E-state index is -0.838. The molecule has 5 aliphatic rings. The maximum absolute atomic E-state index is 14.4. The Balaban J connectivity index is 1.48. The molecule has 1 unspecified atom stereocenters. The molecule has 3 fully saturated rings. The van der Waals surface area contributed by atoms with E-state index in [1.165, 1.54) is 0 Å². The van der Waals surface area contributed by atoms with Crippen LogP contribution in [0.25, 0.3) is 0 Å². The van der Waals surface area contributed by atoms with E-state index in [1.54, 1.807) is 16.7 Å². The Labute approximate surface area is 235 Å². The van der Waals surface area contributed by atoms with E-state index in [0.717, 1.165) is 45.3 Å². The number of hydrogen-bond donors (Lipinski definition) is 1. The van der Waals surface area contributed by atoms with E-state index in [0.29, 0.717) is 52.3 Å². The summed E-state index contributed by atoms with van der Waals surface area (Å²) in [7, 11) is 0. The van der Waals surface area contributed by atoms with Gasteiger partial charge in [-0.05, 0) is 45.4 Å². The highest BCUT2D eigenvalue weighted by molar-refractivity contribution is 8.02. The largest absolute Gasteiger partial charge is 0.465 e. The second kappa shape index (κ2) is 12.3. The van der Waals surface area contributed by atoms with Crippen molar-refractivity contribution in [2.45, 2.75) is 61.0 Å². The minimum absolute atomic E-state index is 0.0385. The van der Waals surface area contributed by atoms with Crippen LogP contribution in [-0.2, 0) is 23.9 Å². The summed E-state index contributed by atoms with van der Waals surface area (Å²) in [5.41, 5.74) is 0. The van der Waals surface area contributed by atoms with Crippen molar-refractivity contribution < 1.29 is 29.0 Å². The van der Waals surface area contributed by atoms with Crippen molar-refractivity contribution in [2.75, 3.05) is 65.7 Å². The van der Waals surface area contributed by atoms with E-state index < -0.39 is 27.4 Å². The lowest BCUT2D eigenvalue weighted by molar-refractivity contribution is -0.154. The Hall–Kier alpha value is -1.88. The summed E-state index contributed by atoms with van der Waals surface area (Å²) < 4.78 is 9.73. The number of aliphatic hydroxyl groups excluding tert-OH is 1. The summed E-state index contributed by atoms with van der Waals surface area (Å²) in [5.74, 6) is -1.82. The Morgan fingerprint density at radius 3 is 2.56 bits per heavy atom. The first kappa shape index (κ1) is 28.6. The van der Waals surface area contributed by atoms with Gasteiger partial charge < -0.3 is 24.4 Å². The molecule has 3 saturated heterocycles. The molecule has 0 aromatic carbocycles. The smallest absolute Gasteiger partial charge is 0.311 e. The average Bonchev–Trinajstić information content (AvgIpc) is 3.26. The first-order valence-corrected chi connectivity index (χ1v) is 15.5. The van der Waals surface area contributed by atoms with Crippen molar-refractivity contribution in [3.8, 4) is 0 Å². The highest BCUT2D eigenvalue weighted by atomic mass is 32.2. The molecule has 1 spiro atoms. The van der Waals surface area contributed by atoms with Crippen LogP contribution in [0.5, 0.6) is 0 Å². The Morgan fingerprint density at radius 1 is 0.949 bits per heavy atom. The van der Waals surface area contributed by atoms with E-state index in [1.807, 2.05) is 17.9 Å². The number of fused-ring (bicyclic) bond motifs is 2.